The molecule has 0 aliphatic carbocycles. The van der Waals surface area contributed by atoms with Crippen LogP contribution in [0.1, 0.15) is 13.3 Å². The summed E-state index contributed by atoms with van der Waals surface area (Å²) in [4.78, 5) is 21.5. The van der Waals surface area contributed by atoms with Gasteiger partial charge in [0, 0.05) is 26.2 Å². The smallest absolute Gasteiger partial charge is 0.244 e. The molecule has 0 spiro atoms. The maximum atomic E-state index is 13.3. The van der Waals surface area contributed by atoms with Crippen LogP contribution < -0.4 is 9.64 Å². The van der Waals surface area contributed by atoms with E-state index in [1.165, 1.54) is 28.4 Å². The number of sulfone groups is 1. The highest BCUT2D eigenvalue weighted by atomic mass is 32.2. The molecule has 0 unspecified atom stereocenters. The number of thiazole rings is 1. The number of benzene rings is 2. The van der Waals surface area contributed by atoms with Gasteiger partial charge in [-0.2, -0.15) is 0 Å². The van der Waals surface area contributed by atoms with Gasteiger partial charge in [0.25, 0.3) is 0 Å². The average molecular weight is 522 g/mol. The molecular formula is C24H28FN3O5S2. The van der Waals surface area contributed by atoms with Crippen LogP contribution in [-0.4, -0.2) is 76.0 Å². The molecule has 1 aromatic heterocycles. The zero-order chi connectivity index (χ0) is 24.8. The molecule has 4 rings (SSSR count). The summed E-state index contributed by atoms with van der Waals surface area (Å²) in [5.74, 6) is -1.13. The number of carbonyl (C=O) groups is 1. The zero-order valence-corrected chi connectivity index (χ0v) is 21.1. The first-order valence-electron chi connectivity index (χ1n) is 11.5. The molecule has 1 fully saturated rings. The molecule has 3 aromatic rings. The molecule has 1 saturated heterocycles. The van der Waals surface area contributed by atoms with Crippen molar-refractivity contribution in [1.82, 2.24) is 9.88 Å². The summed E-state index contributed by atoms with van der Waals surface area (Å²) in [5.41, 5.74) is 0.709. The maximum absolute atomic E-state index is 13.3. The fourth-order valence-electron chi connectivity index (χ4n) is 3.83. The van der Waals surface area contributed by atoms with Crippen molar-refractivity contribution in [3.63, 3.8) is 0 Å². The molecule has 0 radical (unpaired) electrons. The van der Waals surface area contributed by atoms with Gasteiger partial charge in [-0.25, -0.2) is 17.8 Å². The number of amides is 1. The van der Waals surface area contributed by atoms with Crippen molar-refractivity contribution in [3.8, 4) is 5.75 Å². The van der Waals surface area contributed by atoms with E-state index in [0.717, 1.165) is 36.5 Å². The number of rotatable bonds is 10. The lowest BCUT2D eigenvalue weighted by Crippen LogP contribution is -2.40. The highest BCUT2D eigenvalue weighted by Gasteiger charge is 2.27. The molecule has 2 aromatic carbocycles. The Hall–Kier alpha value is -2.60. The van der Waals surface area contributed by atoms with Crippen molar-refractivity contribution >= 4 is 42.4 Å². The molecule has 0 saturated carbocycles. The fraction of sp³-hybridized carbons (Fsp3) is 0.417. The SMILES string of the molecule is CCOc1ccc2nc(N(CCCN3CCOCC3)C(=O)CS(=O)(=O)c3ccc(F)cc3)sc2c1. The minimum Gasteiger partial charge on any atom is -0.494 e. The minimum absolute atomic E-state index is 0.0915. The van der Waals surface area contributed by atoms with Crippen LogP contribution in [0, 0.1) is 5.82 Å². The number of nitrogens with zero attached hydrogens (tertiary/aromatic N) is 3. The number of hydrogen-bond donors (Lipinski definition) is 0. The molecule has 1 aliphatic rings. The van der Waals surface area contributed by atoms with Gasteiger partial charge in [0.2, 0.25) is 5.91 Å². The van der Waals surface area contributed by atoms with Crippen LogP contribution in [0.5, 0.6) is 5.75 Å². The predicted molar refractivity (Wildman–Crippen MR) is 133 cm³/mol. The molecule has 35 heavy (non-hydrogen) atoms. The van der Waals surface area contributed by atoms with Crippen LogP contribution >= 0.6 is 11.3 Å². The molecular weight excluding hydrogens is 493 g/mol. The minimum atomic E-state index is -3.95. The van der Waals surface area contributed by atoms with Crippen molar-refractivity contribution in [3.05, 3.63) is 48.3 Å². The first-order valence-corrected chi connectivity index (χ1v) is 13.9. The van der Waals surface area contributed by atoms with E-state index in [2.05, 4.69) is 9.88 Å². The number of aromatic nitrogens is 1. The number of morpholine rings is 1. The standard InChI is InChI=1S/C24H28FN3O5S2/c1-2-33-19-6-9-21-22(16-19)34-24(26-21)28(11-3-10-27-12-14-32-15-13-27)23(29)17-35(30,31)20-7-4-18(25)5-8-20/h4-9,16H,2-3,10-15,17H2,1H3. The van der Waals surface area contributed by atoms with Crippen molar-refractivity contribution in [2.24, 2.45) is 0 Å². The van der Waals surface area contributed by atoms with Gasteiger partial charge < -0.3 is 9.47 Å². The largest absolute Gasteiger partial charge is 0.494 e. The van der Waals surface area contributed by atoms with E-state index < -0.39 is 27.3 Å². The van der Waals surface area contributed by atoms with Gasteiger partial charge in [-0.3, -0.25) is 14.6 Å². The number of anilines is 1. The number of halogens is 1. The zero-order valence-electron chi connectivity index (χ0n) is 19.5. The van der Waals surface area contributed by atoms with Crippen molar-refractivity contribution in [1.29, 1.82) is 0 Å². The van der Waals surface area contributed by atoms with Crippen molar-refractivity contribution in [2.75, 3.05) is 56.7 Å². The highest BCUT2D eigenvalue weighted by molar-refractivity contribution is 7.92. The molecule has 1 aliphatic heterocycles. The van der Waals surface area contributed by atoms with Crippen LogP contribution in [0.4, 0.5) is 9.52 Å². The van der Waals surface area contributed by atoms with Gasteiger partial charge in [-0.05, 0) is 55.8 Å². The second-order valence-electron chi connectivity index (χ2n) is 8.12. The first-order chi connectivity index (χ1) is 16.9. The second-order valence-corrected chi connectivity index (χ2v) is 11.1. The topological polar surface area (TPSA) is 89.0 Å². The molecule has 0 bridgehead atoms. The summed E-state index contributed by atoms with van der Waals surface area (Å²) in [7, 11) is -3.95. The molecule has 0 N–H and O–H groups in total. The Morgan fingerprint density at radius 3 is 2.66 bits per heavy atom. The fourth-order valence-corrected chi connectivity index (χ4v) is 6.07. The normalized spacial score (nSPS) is 14.8. The number of carbonyl (C=O) groups excluding carboxylic acids is 1. The summed E-state index contributed by atoms with van der Waals surface area (Å²) in [6, 6.07) is 10.00. The third-order valence-electron chi connectivity index (χ3n) is 5.64. The lowest BCUT2D eigenvalue weighted by Gasteiger charge is -2.27. The Bertz CT molecular complexity index is 1260. The summed E-state index contributed by atoms with van der Waals surface area (Å²) in [6.07, 6.45) is 0.655. The maximum Gasteiger partial charge on any atom is 0.244 e. The predicted octanol–water partition coefficient (Wildman–Crippen LogP) is 3.36. The summed E-state index contributed by atoms with van der Waals surface area (Å²) in [5, 5.41) is 0.440. The Morgan fingerprint density at radius 1 is 1.20 bits per heavy atom. The molecule has 8 nitrogen and oxygen atoms in total. The average Bonchev–Trinajstić information content (AvgIpc) is 3.25. The van der Waals surface area contributed by atoms with Gasteiger partial charge in [0.15, 0.2) is 15.0 Å². The summed E-state index contributed by atoms with van der Waals surface area (Å²) >= 11 is 1.32. The van der Waals surface area contributed by atoms with Crippen LogP contribution in [0.25, 0.3) is 10.2 Å². The summed E-state index contributed by atoms with van der Waals surface area (Å²) in [6.45, 7) is 6.54. The molecule has 188 valence electrons. The number of fused-ring (bicyclic) bond motifs is 1. The van der Waals surface area contributed by atoms with E-state index in [0.29, 0.717) is 49.2 Å². The Morgan fingerprint density at radius 2 is 1.94 bits per heavy atom. The van der Waals surface area contributed by atoms with E-state index in [1.54, 1.807) is 0 Å². The van der Waals surface area contributed by atoms with E-state index in [9.17, 15) is 17.6 Å². The molecule has 1 amide bonds. The van der Waals surface area contributed by atoms with E-state index >= 15 is 0 Å². The molecule has 11 heteroatoms. The van der Waals surface area contributed by atoms with Crippen molar-refractivity contribution in [2.45, 2.75) is 18.2 Å². The van der Waals surface area contributed by atoms with E-state index in [4.69, 9.17) is 9.47 Å². The van der Waals surface area contributed by atoms with Crippen molar-refractivity contribution < 1.29 is 27.1 Å². The van der Waals surface area contributed by atoms with Crippen LogP contribution in [0.15, 0.2) is 47.4 Å². The van der Waals surface area contributed by atoms with Gasteiger partial charge in [0.1, 0.15) is 17.3 Å². The lowest BCUT2D eigenvalue weighted by atomic mass is 10.3. The number of hydrogen-bond acceptors (Lipinski definition) is 8. The van der Waals surface area contributed by atoms with Crippen LogP contribution in [0.2, 0.25) is 0 Å². The molecule has 2 heterocycles. The van der Waals surface area contributed by atoms with E-state index in [-0.39, 0.29) is 4.90 Å². The van der Waals surface area contributed by atoms with Crippen LogP contribution in [-0.2, 0) is 19.4 Å². The van der Waals surface area contributed by atoms with Gasteiger partial charge in [-0.1, -0.05) is 11.3 Å². The van der Waals surface area contributed by atoms with Gasteiger partial charge >= 0.3 is 0 Å². The van der Waals surface area contributed by atoms with E-state index in [1.807, 2.05) is 25.1 Å². The first kappa shape index (κ1) is 25.5. The van der Waals surface area contributed by atoms with Gasteiger partial charge in [-0.15, -0.1) is 0 Å². The summed E-state index contributed by atoms with van der Waals surface area (Å²) < 4.78 is 50.8. The number of ether oxygens (including phenoxy) is 2. The third kappa shape index (κ3) is 6.54. The Labute approximate surface area is 208 Å². The van der Waals surface area contributed by atoms with Gasteiger partial charge in [0.05, 0.1) is 34.9 Å². The monoisotopic (exact) mass is 521 g/mol. The highest BCUT2D eigenvalue weighted by Crippen LogP contribution is 2.32. The van der Waals surface area contributed by atoms with Crippen LogP contribution in [0.3, 0.4) is 0 Å². The quantitative estimate of drug-likeness (QED) is 0.378. The molecule has 0 atom stereocenters. The lowest BCUT2D eigenvalue weighted by molar-refractivity contribution is -0.116. The second kappa shape index (κ2) is 11.4. The Kier molecular flexibility index (Phi) is 8.32. The third-order valence-corrected chi connectivity index (χ3v) is 8.30. The Balaban J connectivity index is 1.55.